The molecule has 0 saturated carbocycles. The van der Waals surface area contributed by atoms with Crippen LogP contribution < -0.4 is 25.4 Å². The van der Waals surface area contributed by atoms with E-state index >= 15 is 0 Å². The summed E-state index contributed by atoms with van der Waals surface area (Å²) in [5.41, 5.74) is 10.3. The number of rotatable bonds is 6. The van der Waals surface area contributed by atoms with E-state index in [1.54, 1.807) is 18.2 Å². The van der Waals surface area contributed by atoms with Crippen LogP contribution in [0, 0.1) is 16.7 Å². The summed E-state index contributed by atoms with van der Waals surface area (Å²) in [7, 11) is 4.49. The van der Waals surface area contributed by atoms with E-state index in [9.17, 15) is 14.9 Å². The molecule has 0 saturated heterocycles. The van der Waals surface area contributed by atoms with Gasteiger partial charge in [-0.3, -0.25) is 15.0 Å². The van der Waals surface area contributed by atoms with Gasteiger partial charge in [0.05, 0.1) is 50.8 Å². The van der Waals surface area contributed by atoms with E-state index in [1.807, 2.05) is 13.8 Å². The molecule has 0 bridgehead atoms. The van der Waals surface area contributed by atoms with Crippen LogP contribution in [0.5, 0.6) is 17.2 Å². The number of nitrogens with one attached hydrogen (secondary N) is 1. The summed E-state index contributed by atoms with van der Waals surface area (Å²) in [4.78, 5) is 26.5. The molecular weight excluding hydrogens is 464 g/mol. The predicted molar refractivity (Wildman–Crippen MR) is 129 cm³/mol. The molecular formula is C26H28N4O6. The smallest absolute Gasteiger partial charge is 0.305 e. The summed E-state index contributed by atoms with van der Waals surface area (Å²) in [6, 6.07) is 8.57. The summed E-state index contributed by atoms with van der Waals surface area (Å²) < 4.78 is 21.7. The Balaban J connectivity index is 1.95. The van der Waals surface area contributed by atoms with Crippen molar-refractivity contribution < 1.29 is 28.2 Å². The van der Waals surface area contributed by atoms with Gasteiger partial charge < -0.3 is 24.4 Å². The van der Waals surface area contributed by atoms with E-state index in [0.29, 0.717) is 40.5 Å². The Hall–Kier alpha value is -4.39. The van der Waals surface area contributed by atoms with Gasteiger partial charge in [0, 0.05) is 23.6 Å². The average molecular weight is 493 g/mol. The first-order valence-corrected chi connectivity index (χ1v) is 11.3. The lowest BCUT2D eigenvalue weighted by Crippen LogP contribution is -2.49. The Kier molecular flexibility index (Phi) is 6.41. The number of ether oxygens (including phenoxy) is 3. The first-order chi connectivity index (χ1) is 17.1. The largest absolute Gasteiger partial charge is 0.496 e. The van der Waals surface area contributed by atoms with Gasteiger partial charge in [0.15, 0.2) is 23.0 Å². The number of amides is 1. The van der Waals surface area contributed by atoms with Crippen LogP contribution in [-0.4, -0.2) is 38.0 Å². The molecule has 0 fully saturated rings. The van der Waals surface area contributed by atoms with Crippen molar-refractivity contribution in [2.24, 2.45) is 11.1 Å². The number of allylic oxidation sites excluding steroid dienone is 3. The topological polar surface area (TPSA) is 140 Å². The minimum absolute atomic E-state index is 0.00324. The lowest BCUT2D eigenvalue weighted by molar-refractivity contribution is -0.118. The second-order valence-corrected chi connectivity index (χ2v) is 9.35. The minimum Gasteiger partial charge on any atom is -0.496 e. The van der Waals surface area contributed by atoms with Gasteiger partial charge in [-0.15, -0.1) is 0 Å². The molecule has 1 aromatic heterocycles. The molecule has 10 nitrogen and oxygen atoms in total. The molecule has 0 spiro atoms. The molecule has 1 atom stereocenters. The molecule has 1 amide bonds. The SMILES string of the molecule is COc1cc(OC)c(C2C(C#N)=C(N)N(NC(=O)c3ccco3)C3=C2C(=O)CC(C)(C)C3)cc1OC. The molecule has 4 rings (SSSR count). The van der Waals surface area contributed by atoms with Gasteiger partial charge in [-0.25, -0.2) is 5.01 Å². The third-order valence-corrected chi connectivity index (χ3v) is 6.39. The lowest BCUT2D eigenvalue weighted by atomic mass is 9.69. The molecule has 2 aliphatic rings. The van der Waals surface area contributed by atoms with Crippen molar-refractivity contribution in [3.63, 3.8) is 0 Å². The molecule has 1 unspecified atom stereocenters. The van der Waals surface area contributed by atoms with Gasteiger partial charge in [0.25, 0.3) is 0 Å². The number of furan rings is 1. The van der Waals surface area contributed by atoms with Gasteiger partial charge in [-0.2, -0.15) is 5.26 Å². The molecule has 2 heterocycles. The summed E-state index contributed by atoms with van der Waals surface area (Å²) in [6.45, 7) is 3.93. The normalized spacial score (nSPS) is 18.9. The number of methoxy groups -OCH3 is 3. The van der Waals surface area contributed by atoms with Crippen molar-refractivity contribution in [1.29, 1.82) is 5.26 Å². The van der Waals surface area contributed by atoms with E-state index in [1.165, 1.54) is 38.7 Å². The summed E-state index contributed by atoms with van der Waals surface area (Å²) in [5, 5.41) is 11.6. The standard InChI is InChI=1S/C26H28N4O6/c1-26(2)11-16-23(17(31)12-26)22(14-9-20(34-4)21(35-5)10-19(14)33-3)15(13-27)24(28)30(16)29-25(32)18-7-6-8-36-18/h6-10,22H,11-12,28H2,1-5H3,(H,29,32). The molecule has 188 valence electrons. The second kappa shape index (κ2) is 9.34. The molecule has 0 radical (unpaired) electrons. The predicted octanol–water partition coefficient (Wildman–Crippen LogP) is 3.39. The van der Waals surface area contributed by atoms with Crippen LogP contribution in [0.1, 0.15) is 48.7 Å². The number of carbonyl (C=O) groups excluding carboxylic acids is 2. The number of hydrogen-bond acceptors (Lipinski definition) is 9. The maximum absolute atomic E-state index is 13.6. The number of nitriles is 1. The zero-order valence-corrected chi connectivity index (χ0v) is 20.8. The zero-order valence-electron chi connectivity index (χ0n) is 20.8. The first-order valence-electron chi connectivity index (χ1n) is 11.3. The van der Waals surface area contributed by atoms with E-state index in [2.05, 4.69) is 11.5 Å². The third-order valence-electron chi connectivity index (χ3n) is 6.39. The van der Waals surface area contributed by atoms with Crippen molar-refractivity contribution in [2.75, 3.05) is 21.3 Å². The third kappa shape index (κ3) is 4.13. The molecule has 1 aliphatic heterocycles. The number of hydrazine groups is 1. The van der Waals surface area contributed by atoms with Gasteiger partial charge >= 0.3 is 5.91 Å². The van der Waals surface area contributed by atoms with Crippen LogP contribution in [0.2, 0.25) is 0 Å². The molecule has 1 aromatic carbocycles. The summed E-state index contributed by atoms with van der Waals surface area (Å²) >= 11 is 0. The Morgan fingerprint density at radius 1 is 1.17 bits per heavy atom. The highest BCUT2D eigenvalue weighted by atomic mass is 16.5. The van der Waals surface area contributed by atoms with Crippen LogP contribution in [0.15, 0.2) is 57.6 Å². The van der Waals surface area contributed by atoms with Gasteiger partial charge in [0.1, 0.15) is 11.6 Å². The number of Topliss-reactive ketones (excluding diaryl/α,β-unsaturated/α-hetero) is 1. The van der Waals surface area contributed by atoms with Crippen LogP contribution in [0.25, 0.3) is 0 Å². The van der Waals surface area contributed by atoms with E-state index in [4.69, 9.17) is 24.4 Å². The highest BCUT2D eigenvalue weighted by Gasteiger charge is 2.46. The Bertz CT molecular complexity index is 1320. The van der Waals surface area contributed by atoms with E-state index < -0.39 is 17.2 Å². The van der Waals surface area contributed by atoms with Crippen molar-refractivity contribution in [1.82, 2.24) is 10.4 Å². The summed E-state index contributed by atoms with van der Waals surface area (Å²) in [5.74, 6) is -0.246. The Labute approximate surface area is 208 Å². The fourth-order valence-electron chi connectivity index (χ4n) is 4.79. The van der Waals surface area contributed by atoms with Crippen molar-refractivity contribution >= 4 is 11.7 Å². The van der Waals surface area contributed by atoms with Crippen LogP contribution >= 0.6 is 0 Å². The highest BCUT2D eigenvalue weighted by Crippen LogP contribution is 2.51. The first kappa shape index (κ1) is 24.7. The number of benzene rings is 1. The quantitative estimate of drug-likeness (QED) is 0.621. The number of nitrogens with two attached hydrogens (primary N) is 1. The lowest BCUT2D eigenvalue weighted by Gasteiger charge is -2.43. The maximum Gasteiger partial charge on any atom is 0.305 e. The Morgan fingerprint density at radius 3 is 2.42 bits per heavy atom. The molecule has 1 aliphatic carbocycles. The number of ketones is 1. The highest BCUT2D eigenvalue weighted by molar-refractivity contribution is 6.01. The Morgan fingerprint density at radius 2 is 1.83 bits per heavy atom. The molecule has 2 aromatic rings. The zero-order chi connectivity index (χ0) is 26.2. The van der Waals surface area contributed by atoms with Gasteiger partial charge in [-0.1, -0.05) is 13.8 Å². The van der Waals surface area contributed by atoms with Crippen LogP contribution in [0.4, 0.5) is 0 Å². The molecule has 10 heteroatoms. The maximum atomic E-state index is 13.6. The summed E-state index contributed by atoms with van der Waals surface area (Å²) in [6.07, 6.45) is 2.07. The number of nitrogens with zero attached hydrogens (tertiary/aromatic N) is 2. The number of hydrogen-bond donors (Lipinski definition) is 2. The van der Waals surface area contributed by atoms with Crippen molar-refractivity contribution in [3.05, 3.63) is 64.5 Å². The van der Waals surface area contributed by atoms with Crippen LogP contribution in [0.3, 0.4) is 0 Å². The fourth-order valence-corrected chi connectivity index (χ4v) is 4.79. The van der Waals surface area contributed by atoms with Crippen molar-refractivity contribution in [2.45, 2.75) is 32.6 Å². The van der Waals surface area contributed by atoms with Crippen LogP contribution in [-0.2, 0) is 4.79 Å². The average Bonchev–Trinajstić information content (AvgIpc) is 3.39. The van der Waals surface area contributed by atoms with E-state index in [0.717, 1.165) is 0 Å². The second-order valence-electron chi connectivity index (χ2n) is 9.35. The minimum atomic E-state index is -0.833. The monoisotopic (exact) mass is 492 g/mol. The fraction of sp³-hybridized carbons (Fsp3) is 0.346. The van der Waals surface area contributed by atoms with E-state index in [-0.39, 0.29) is 29.4 Å². The van der Waals surface area contributed by atoms with Crippen molar-refractivity contribution in [3.8, 4) is 23.3 Å². The van der Waals surface area contributed by atoms with Gasteiger partial charge in [-0.05, 0) is 30.0 Å². The molecule has 3 N–H and O–H groups in total. The molecule has 36 heavy (non-hydrogen) atoms. The van der Waals surface area contributed by atoms with Gasteiger partial charge in [0.2, 0.25) is 0 Å². The number of carbonyl (C=O) groups is 2.